The van der Waals surface area contributed by atoms with Crippen molar-refractivity contribution < 1.29 is 29.1 Å². The van der Waals surface area contributed by atoms with Crippen molar-refractivity contribution in [3.63, 3.8) is 0 Å². The Morgan fingerprint density at radius 2 is 1.84 bits per heavy atom. The summed E-state index contributed by atoms with van der Waals surface area (Å²) in [6.45, 7) is 4.46. The van der Waals surface area contributed by atoms with E-state index in [1.165, 1.54) is 19.2 Å². The maximum absolute atomic E-state index is 14.1. The number of hydroxylamine groups is 1. The molecule has 2 aliphatic carbocycles. The summed E-state index contributed by atoms with van der Waals surface area (Å²) in [7, 11) is 1.27. The Morgan fingerprint density at radius 3 is 2.47 bits per heavy atom. The van der Waals surface area contributed by atoms with Gasteiger partial charge in [0.15, 0.2) is 0 Å². The second-order valence-corrected chi connectivity index (χ2v) is 12.1. The van der Waals surface area contributed by atoms with Crippen LogP contribution in [0.1, 0.15) is 61.9 Å². The van der Waals surface area contributed by atoms with Gasteiger partial charge in [-0.3, -0.25) is 14.4 Å². The Kier molecular flexibility index (Phi) is 6.99. The number of Topliss-reactive ketones (excluding diaryl/α,β-unsaturated/α-hetero) is 1. The molecule has 2 aromatic rings. The largest absolute Gasteiger partial charge is 0.506 e. The van der Waals surface area contributed by atoms with Crippen molar-refractivity contribution >= 4 is 46.5 Å². The van der Waals surface area contributed by atoms with Gasteiger partial charge in [-0.25, -0.2) is 4.79 Å². The molecule has 7 nitrogen and oxygen atoms in total. The molecule has 2 aromatic carbocycles. The number of hydrogen-bond acceptors (Lipinski definition) is 6. The second kappa shape index (κ2) is 9.85. The van der Waals surface area contributed by atoms with Crippen molar-refractivity contribution in [3.05, 3.63) is 57.6 Å². The summed E-state index contributed by atoms with van der Waals surface area (Å²) in [4.78, 5) is 47.1. The monoisotopic (exact) mass is 559 g/mol. The van der Waals surface area contributed by atoms with Crippen molar-refractivity contribution in [2.75, 3.05) is 12.2 Å². The van der Waals surface area contributed by atoms with Crippen LogP contribution in [0.2, 0.25) is 10.0 Å². The Balaban J connectivity index is 1.61. The van der Waals surface area contributed by atoms with E-state index in [9.17, 15) is 19.5 Å². The zero-order valence-electron chi connectivity index (χ0n) is 21.6. The van der Waals surface area contributed by atoms with Crippen LogP contribution in [-0.4, -0.2) is 36.0 Å². The van der Waals surface area contributed by atoms with Gasteiger partial charge < -0.3 is 9.84 Å². The van der Waals surface area contributed by atoms with E-state index in [1.54, 1.807) is 24.3 Å². The van der Waals surface area contributed by atoms with Crippen LogP contribution < -0.4 is 5.06 Å². The molecule has 1 N–H and O–H groups in total. The number of para-hydroxylation sites is 1. The molecule has 3 fully saturated rings. The topological polar surface area (TPSA) is 93.1 Å². The maximum Gasteiger partial charge on any atom is 0.340 e. The summed E-state index contributed by atoms with van der Waals surface area (Å²) in [5, 5.41) is 12.0. The Bertz CT molecular complexity index is 1300. The first-order chi connectivity index (χ1) is 18.0. The number of methoxy groups -OCH3 is 1. The summed E-state index contributed by atoms with van der Waals surface area (Å²) in [5.74, 6) is -2.41. The van der Waals surface area contributed by atoms with Crippen molar-refractivity contribution in [2.45, 2.75) is 58.5 Å². The van der Waals surface area contributed by atoms with E-state index in [2.05, 4.69) is 13.8 Å². The van der Waals surface area contributed by atoms with Gasteiger partial charge in [-0.15, -0.1) is 0 Å². The minimum absolute atomic E-state index is 0.0339. The number of carbonyl (C=O) groups excluding carboxylic acids is 3. The first-order valence-corrected chi connectivity index (χ1v) is 13.6. The molecule has 2 atom stereocenters. The van der Waals surface area contributed by atoms with E-state index in [-0.39, 0.29) is 62.1 Å². The third kappa shape index (κ3) is 4.19. The van der Waals surface area contributed by atoms with Gasteiger partial charge in [-0.1, -0.05) is 49.2 Å². The molecule has 1 saturated heterocycles. The van der Waals surface area contributed by atoms with Gasteiger partial charge in [0, 0.05) is 16.9 Å². The summed E-state index contributed by atoms with van der Waals surface area (Å²) < 4.78 is 4.97. The van der Waals surface area contributed by atoms with Crippen LogP contribution in [0.5, 0.6) is 5.75 Å². The van der Waals surface area contributed by atoms with Crippen LogP contribution in [0.3, 0.4) is 0 Å². The van der Waals surface area contributed by atoms with E-state index in [0.29, 0.717) is 5.92 Å². The van der Waals surface area contributed by atoms with Gasteiger partial charge in [-0.05, 0) is 73.3 Å². The van der Waals surface area contributed by atoms with Crippen LogP contribution in [0.15, 0.2) is 36.4 Å². The Labute approximate surface area is 232 Å². The fourth-order valence-corrected chi connectivity index (χ4v) is 7.60. The number of rotatable bonds is 5. The van der Waals surface area contributed by atoms with E-state index in [0.717, 1.165) is 30.7 Å². The molecule has 202 valence electrons. The zero-order valence-corrected chi connectivity index (χ0v) is 23.1. The van der Waals surface area contributed by atoms with E-state index >= 15 is 0 Å². The normalized spacial score (nSPS) is 28.4. The molecule has 1 aliphatic heterocycles. The number of esters is 1. The summed E-state index contributed by atoms with van der Waals surface area (Å²) >= 11 is 12.3. The molecule has 0 aromatic heterocycles. The fourth-order valence-electron chi connectivity index (χ4n) is 7.06. The van der Waals surface area contributed by atoms with Crippen LogP contribution in [0.4, 0.5) is 5.69 Å². The zero-order chi connectivity index (χ0) is 27.4. The van der Waals surface area contributed by atoms with Gasteiger partial charge in [-0.2, -0.15) is 5.06 Å². The lowest BCUT2D eigenvalue weighted by atomic mass is 9.64. The van der Waals surface area contributed by atoms with Gasteiger partial charge in [0.1, 0.15) is 17.5 Å². The first-order valence-electron chi connectivity index (χ1n) is 12.9. The fraction of sp³-hybridized carbons (Fsp3) is 0.483. The lowest BCUT2D eigenvalue weighted by Crippen LogP contribution is -2.47. The maximum atomic E-state index is 14.1. The highest BCUT2D eigenvalue weighted by Crippen LogP contribution is 2.68. The third-order valence-electron chi connectivity index (χ3n) is 9.36. The number of halogens is 2. The average Bonchev–Trinajstić information content (AvgIpc) is 3.25. The highest BCUT2D eigenvalue weighted by Gasteiger charge is 2.64. The number of benzene rings is 2. The number of carbonyl (C=O) groups is 3. The minimum atomic E-state index is -1.18. The molecule has 1 amide bonds. The number of hydrogen-bond donors (Lipinski definition) is 1. The molecule has 0 spiro atoms. The van der Waals surface area contributed by atoms with Crippen LogP contribution in [0.25, 0.3) is 0 Å². The average molecular weight is 560 g/mol. The van der Waals surface area contributed by atoms with Crippen LogP contribution in [-0.2, 0) is 25.6 Å². The predicted octanol–water partition coefficient (Wildman–Crippen LogP) is 6.17. The molecule has 38 heavy (non-hydrogen) atoms. The Morgan fingerprint density at radius 1 is 1.16 bits per heavy atom. The van der Waals surface area contributed by atoms with Gasteiger partial charge in [0.25, 0.3) is 5.91 Å². The van der Waals surface area contributed by atoms with Crippen molar-refractivity contribution in [1.82, 2.24) is 0 Å². The SMILES string of the molecule is COC(=O)c1ccccc1N1OC(C23CCC(CC2)C3(C)C)CC(=O)C(Cc2cc(Cl)cc(Cl)c2O)C1=O. The number of ketones is 1. The predicted molar refractivity (Wildman–Crippen MR) is 143 cm³/mol. The molecular formula is C29H31Cl2NO6. The van der Waals surface area contributed by atoms with Gasteiger partial charge in [0.05, 0.1) is 29.5 Å². The van der Waals surface area contributed by atoms with Crippen molar-refractivity contribution in [2.24, 2.45) is 22.7 Å². The number of fused-ring (bicyclic) bond motifs is 2. The Hall–Kier alpha value is -2.61. The standard InChI is InChI=1S/C29H31Cl2NO6/c1-28(2)17-8-10-29(28,11-9-17)24-15-23(33)20(13-16-12-18(30)14-21(31)25(16)34)26(35)32(38-24)22-7-5-4-6-19(22)27(36)37-3/h4-7,12,14,17,20,24,34H,8-11,13,15H2,1-3H3. The second-order valence-electron chi connectivity index (χ2n) is 11.2. The van der Waals surface area contributed by atoms with Crippen molar-refractivity contribution in [3.8, 4) is 5.75 Å². The molecule has 3 aliphatic rings. The van der Waals surface area contributed by atoms with Gasteiger partial charge in [0.2, 0.25) is 0 Å². The number of anilines is 1. The molecular weight excluding hydrogens is 529 g/mol. The number of phenolic OH excluding ortho intramolecular Hbond substituents is 1. The number of ether oxygens (including phenoxy) is 1. The summed E-state index contributed by atoms with van der Waals surface area (Å²) in [6, 6.07) is 9.43. The molecule has 2 bridgehead atoms. The molecule has 2 unspecified atom stereocenters. The van der Waals surface area contributed by atoms with E-state index in [4.69, 9.17) is 32.8 Å². The highest BCUT2D eigenvalue weighted by molar-refractivity contribution is 6.35. The van der Waals surface area contributed by atoms with Crippen LogP contribution >= 0.6 is 23.2 Å². The van der Waals surface area contributed by atoms with E-state index < -0.39 is 23.9 Å². The molecule has 1 heterocycles. The minimum Gasteiger partial charge on any atom is -0.506 e. The van der Waals surface area contributed by atoms with Gasteiger partial charge >= 0.3 is 5.97 Å². The lowest BCUT2D eigenvalue weighted by Gasteiger charge is -2.44. The number of phenols is 1. The number of amides is 1. The molecule has 0 radical (unpaired) electrons. The number of nitrogens with zero attached hydrogens (tertiary/aromatic N) is 1. The summed E-state index contributed by atoms with van der Waals surface area (Å²) in [6.07, 6.45) is 3.26. The summed E-state index contributed by atoms with van der Waals surface area (Å²) in [5.41, 5.74) is 0.282. The highest BCUT2D eigenvalue weighted by atomic mass is 35.5. The van der Waals surface area contributed by atoms with E-state index in [1.807, 2.05) is 0 Å². The van der Waals surface area contributed by atoms with Crippen molar-refractivity contribution in [1.29, 1.82) is 0 Å². The third-order valence-corrected chi connectivity index (χ3v) is 9.87. The lowest BCUT2D eigenvalue weighted by molar-refractivity contribution is -0.137. The molecule has 5 rings (SSSR count). The molecule has 2 saturated carbocycles. The quantitative estimate of drug-likeness (QED) is 0.348. The molecule has 9 heteroatoms. The number of aromatic hydroxyl groups is 1. The van der Waals surface area contributed by atoms with Crippen LogP contribution in [0, 0.1) is 22.7 Å². The first kappa shape index (κ1) is 27.0. The smallest absolute Gasteiger partial charge is 0.340 e.